The first-order valence-corrected chi connectivity index (χ1v) is 8.67. The first-order valence-electron chi connectivity index (χ1n) is 8.67. The number of hydrogen-bond acceptors (Lipinski definition) is 4. The van der Waals surface area contributed by atoms with Crippen LogP contribution >= 0.6 is 0 Å². The van der Waals surface area contributed by atoms with Crippen LogP contribution in [-0.2, 0) is 21.0 Å². The number of rotatable bonds is 2. The van der Waals surface area contributed by atoms with Crippen LogP contribution in [0.15, 0.2) is 60.7 Å². The molecule has 0 radical (unpaired) electrons. The summed E-state index contributed by atoms with van der Waals surface area (Å²) in [6, 6.07) is 18.8. The van der Waals surface area contributed by atoms with Gasteiger partial charge in [-0.05, 0) is 6.42 Å². The molecule has 2 aliphatic heterocycles. The van der Waals surface area contributed by atoms with Crippen molar-refractivity contribution in [1.82, 2.24) is 0 Å². The average molecular weight is 340 g/mol. The predicted molar refractivity (Wildman–Crippen MR) is 93.4 cm³/mol. The maximum Gasteiger partial charge on any atom is 0.200 e. The van der Waals surface area contributed by atoms with Crippen molar-refractivity contribution in [1.29, 1.82) is 0 Å². The summed E-state index contributed by atoms with van der Waals surface area (Å²) in [4.78, 5) is 0. The van der Waals surface area contributed by atoms with E-state index in [9.17, 15) is 10.2 Å². The molecule has 2 fully saturated rings. The van der Waals surface area contributed by atoms with Crippen LogP contribution in [0.5, 0.6) is 0 Å². The zero-order chi connectivity index (χ0) is 17.8. The van der Waals surface area contributed by atoms with Gasteiger partial charge in [0.05, 0.1) is 24.0 Å². The molecule has 0 saturated carbocycles. The highest BCUT2D eigenvalue weighted by atomic mass is 16.7. The summed E-state index contributed by atoms with van der Waals surface area (Å²) in [6.45, 7) is 4.31. The van der Waals surface area contributed by atoms with Crippen LogP contribution in [0.3, 0.4) is 0 Å². The van der Waals surface area contributed by atoms with Crippen molar-refractivity contribution in [2.75, 3.05) is 13.2 Å². The Hall–Kier alpha value is -1.72. The number of benzene rings is 2. The molecule has 4 heteroatoms. The van der Waals surface area contributed by atoms with Gasteiger partial charge in [0, 0.05) is 11.1 Å². The van der Waals surface area contributed by atoms with E-state index in [0.717, 1.165) is 0 Å². The van der Waals surface area contributed by atoms with Gasteiger partial charge in [0.25, 0.3) is 0 Å². The smallest absolute Gasteiger partial charge is 0.200 e. The third-order valence-electron chi connectivity index (χ3n) is 5.95. The lowest BCUT2D eigenvalue weighted by molar-refractivity contribution is -0.430. The van der Waals surface area contributed by atoms with Crippen molar-refractivity contribution in [3.63, 3.8) is 0 Å². The Morgan fingerprint density at radius 3 is 1.40 bits per heavy atom. The van der Waals surface area contributed by atoms with E-state index in [1.807, 2.05) is 74.5 Å². The minimum Gasteiger partial charge on any atom is -0.361 e. The Morgan fingerprint density at radius 1 is 0.680 bits per heavy atom. The molecule has 0 spiro atoms. The maximum atomic E-state index is 11.4. The van der Waals surface area contributed by atoms with E-state index in [0.29, 0.717) is 17.5 Å². The van der Waals surface area contributed by atoms with Crippen LogP contribution in [0, 0.1) is 10.8 Å². The molecule has 2 saturated heterocycles. The van der Waals surface area contributed by atoms with Crippen molar-refractivity contribution >= 4 is 0 Å². The number of aliphatic hydroxyl groups is 2. The molecule has 0 aromatic heterocycles. The Kier molecular flexibility index (Phi) is 3.61. The molecule has 0 unspecified atom stereocenters. The summed E-state index contributed by atoms with van der Waals surface area (Å²) < 4.78 is 12.1. The molecule has 2 bridgehead atoms. The van der Waals surface area contributed by atoms with Gasteiger partial charge in [-0.3, -0.25) is 0 Å². The molecule has 4 rings (SSSR count). The monoisotopic (exact) mass is 340 g/mol. The summed E-state index contributed by atoms with van der Waals surface area (Å²) in [7, 11) is 0. The lowest BCUT2D eigenvalue weighted by Crippen LogP contribution is -2.67. The molecule has 132 valence electrons. The highest BCUT2D eigenvalue weighted by molar-refractivity contribution is 5.28. The van der Waals surface area contributed by atoms with Crippen molar-refractivity contribution in [2.24, 2.45) is 10.8 Å². The molecule has 2 aromatic carbocycles. The van der Waals surface area contributed by atoms with Gasteiger partial charge in [0.2, 0.25) is 0 Å². The Morgan fingerprint density at radius 2 is 1.04 bits per heavy atom. The van der Waals surface area contributed by atoms with E-state index in [1.54, 1.807) is 0 Å². The van der Waals surface area contributed by atoms with Gasteiger partial charge in [0.1, 0.15) is 0 Å². The summed E-state index contributed by atoms with van der Waals surface area (Å²) >= 11 is 0. The molecule has 2 N–H and O–H groups in total. The number of fused-ring (bicyclic) bond motifs is 2. The Balaban J connectivity index is 1.74. The Bertz CT molecular complexity index is 698. The molecular formula is C21H24O4. The molecule has 2 heterocycles. The lowest BCUT2D eigenvalue weighted by atomic mass is 9.59. The molecule has 0 aliphatic carbocycles. The standard InChI is InChI=1S/C21H24O4/c1-18-13-19(2,15-25-20(18,22)16-9-5-3-6-10-16)21(23,24-14-18)17-11-7-4-8-12-17/h3-12,22-23H,13-15H2,1-2H3/t18-,19-,20+,21+/m0/s1. The average Bonchev–Trinajstić information content (AvgIpc) is 2.64. The topological polar surface area (TPSA) is 58.9 Å². The molecule has 2 aromatic rings. The van der Waals surface area contributed by atoms with Gasteiger partial charge in [0.15, 0.2) is 11.6 Å². The first-order chi connectivity index (χ1) is 11.8. The molecule has 4 nitrogen and oxygen atoms in total. The lowest BCUT2D eigenvalue weighted by Gasteiger charge is -2.61. The van der Waals surface area contributed by atoms with Crippen LogP contribution in [0.25, 0.3) is 0 Å². The van der Waals surface area contributed by atoms with Gasteiger partial charge in [-0.2, -0.15) is 0 Å². The van der Waals surface area contributed by atoms with Crippen LogP contribution in [0.2, 0.25) is 0 Å². The summed E-state index contributed by atoms with van der Waals surface area (Å²) in [5.41, 5.74) is 0.103. The minimum atomic E-state index is -1.44. The third-order valence-corrected chi connectivity index (χ3v) is 5.95. The highest BCUT2D eigenvalue weighted by Gasteiger charge is 2.67. The molecule has 25 heavy (non-hydrogen) atoms. The summed E-state index contributed by atoms with van der Waals surface area (Å²) in [6.07, 6.45) is 0.580. The first kappa shape index (κ1) is 16.7. The van der Waals surface area contributed by atoms with E-state index >= 15 is 0 Å². The van der Waals surface area contributed by atoms with E-state index in [4.69, 9.17) is 9.47 Å². The third kappa shape index (κ3) is 2.22. The second kappa shape index (κ2) is 5.39. The van der Waals surface area contributed by atoms with Crippen molar-refractivity contribution in [3.05, 3.63) is 71.8 Å². The molecule has 0 amide bonds. The fourth-order valence-corrected chi connectivity index (χ4v) is 4.47. The summed E-state index contributed by atoms with van der Waals surface area (Å²) in [5.74, 6) is -2.88. The zero-order valence-corrected chi connectivity index (χ0v) is 14.6. The van der Waals surface area contributed by atoms with Crippen molar-refractivity contribution < 1.29 is 19.7 Å². The molecular weight excluding hydrogens is 316 g/mol. The molecule has 4 atom stereocenters. The van der Waals surface area contributed by atoms with E-state index in [1.165, 1.54) is 0 Å². The predicted octanol–water partition coefficient (Wildman–Crippen LogP) is 3.14. The van der Waals surface area contributed by atoms with Gasteiger partial charge in [-0.15, -0.1) is 0 Å². The van der Waals surface area contributed by atoms with Crippen molar-refractivity contribution in [2.45, 2.75) is 31.8 Å². The Labute approximate surface area is 148 Å². The van der Waals surface area contributed by atoms with Crippen LogP contribution in [0.1, 0.15) is 31.4 Å². The minimum absolute atomic E-state index is 0.194. The van der Waals surface area contributed by atoms with Crippen LogP contribution < -0.4 is 0 Å². The van der Waals surface area contributed by atoms with Gasteiger partial charge >= 0.3 is 0 Å². The largest absolute Gasteiger partial charge is 0.361 e. The van der Waals surface area contributed by atoms with Crippen LogP contribution in [-0.4, -0.2) is 23.4 Å². The fourth-order valence-electron chi connectivity index (χ4n) is 4.47. The van der Waals surface area contributed by atoms with Crippen LogP contribution in [0.4, 0.5) is 0 Å². The number of hydrogen-bond donors (Lipinski definition) is 2. The second-order valence-corrected chi connectivity index (χ2v) is 7.90. The van der Waals surface area contributed by atoms with E-state index in [2.05, 4.69) is 0 Å². The van der Waals surface area contributed by atoms with Crippen molar-refractivity contribution in [3.8, 4) is 0 Å². The van der Waals surface area contributed by atoms with Gasteiger partial charge < -0.3 is 19.7 Å². The van der Waals surface area contributed by atoms with Gasteiger partial charge in [-0.1, -0.05) is 74.5 Å². The normalized spacial score (nSPS) is 40.6. The zero-order valence-electron chi connectivity index (χ0n) is 14.6. The second-order valence-electron chi connectivity index (χ2n) is 7.90. The molecule has 2 aliphatic rings. The SMILES string of the molecule is C[C@]12CO[C@](O)(c3ccccc3)[C@](C)(CO[C@]1(O)c1ccccc1)C2. The van der Waals surface area contributed by atoms with E-state index < -0.39 is 22.4 Å². The van der Waals surface area contributed by atoms with E-state index in [-0.39, 0.29) is 13.2 Å². The quantitative estimate of drug-likeness (QED) is 0.882. The maximum absolute atomic E-state index is 11.4. The highest BCUT2D eigenvalue weighted by Crippen LogP contribution is 2.61. The van der Waals surface area contributed by atoms with Gasteiger partial charge in [-0.25, -0.2) is 0 Å². The fraction of sp³-hybridized carbons (Fsp3) is 0.429. The number of ether oxygens (including phenoxy) is 2. The summed E-state index contributed by atoms with van der Waals surface area (Å²) in [5, 5.41) is 22.8.